The highest BCUT2D eigenvalue weighted by atomic mass is 16.5. The molecule has 0 rings (SSSR count). The van der Waals surface area contributed by atoms with Crippen LogP contribution in [-0.2, 0) is 14.3 Å². The van der Waals surface area contributed by atoms with Crippen LogP contribution >= 0.6 is 0 Å². The zero-order valence-corrected chi connectivity index (χ0v) is 17.5. The number of methoxy groups -OCH3 is 1. The third-order valence-corrected chi connectivity index (χ3v) is 4.60. The van der Waals surface area contributed by atoms with Crippen LogP contribution in [0.4, 0.5) is 0 Å². The summed E-state index contributed by atoms with van der Waals surface area (Å²) < 4.78 is 4.74. The van der Waals surface area contributed by atoms with Crippen LogP contribution in [0.1, 0.15) is 97.8 Å². The average molecular weight is 368 g/mol. The highest BCUT2D eigenvalue weighted by Gasteiger charge is 2.24. The van der Waals surface area contributed by atoms with Gasteiger partial charge in [0.05, 0.1) is 7.11 Å². The molecule has 0 aromatic rings. The van der Waals surface area contributed by atoms with E-state index in [1.165, 1.54) is 64.9 Å². The van der Waals surface area contributed by atoms with E-state index >= 15 is 0 Å². The molecule has 1 amide bonds. The molecule has 0 bridgehead atoms. The Morgan fingerprint density at radius 2 is 1.42 bits per heavy atom. The molecule has 0 radical (unpaired) electrons. The molecule has 0 fully saturated rings. The molecule has 0 aromatic heterocycles. The second-order valence-corrected chi connectivity index (χ2v) is 7.44. The number of allylic oxidation sites excluding steroid dienone is 2. The van der Waals surface area contributed by atoms with Crippen LogP contribution in [0.15, 0.2) is 12.2 Å². The molecule has 0 heterocycles. The summed E-state index contributed by atoms with van der Waals surface area (Å²) in [4.78, 5) is 23.6. The van der Waals surface area contributed by atoms with Crippen molar-refractivity contribution in [2.45, 2.75) is 104 Å². The normalized spacial score (nSPS) is 12.5. The number of ether oxygens (including phenoxy) is 1. The predicted octanol–water partition coefficient (Wildman–Crippen LogP) is 5.56. The van der Waals surface area contributed by atoms with Crippen molar-refractivity contribution in [1.29, 1.82) is 0 Å². The summed E-state index contributed by atoms with van der Waals surface area (Å²) in [5, 5.41) is 2.79. The molecular formula is C22H41NO3. The van der Waals surface area contributed by atoms with Gasteiger partial charge in [0.15, 0.2) is 0 Å². The highest BCUT2D eigenvalue weighted by Crippen LogP contribution is 2.10. The van der Waals surface area contributed by atoms with Gasteiger partial charge in [0.25, 0.3) is 0 Å². The third kappa shape index (κ3) is 13.9. The van der Waals surface area contributed by atoms with Crippen LogP contribution in [0.2, 0.25) is 0 Å². The fraction of sp³-hybridized carbons (Fsp3) is 0.818. The van der Waals surface area contributed by atoms with Crippen molar-refractivity contribution in [3.05, 3.63) is 12.2 Å². The van der Waals surface area contributed by atoms with Gasteiger partial charge in [0, 0.05) is 6.42 Å². The zero-order valence-electron chi connectivity index (χ0n) is 17.5. The number of nitrogens with one attached hydrogen (secondary N) is 1. The molecule has 152 valence electrons. The van der Waals surface area contributed by atoms with E-state index in [9.17, 15) is 9.59 Å². The molecule has 4 nitrogen and oxygen atoms in total. The molecule has 0 saturated heterocycles. The number of carbonyl (C=O) groups excluding carboxylic acids is 2. The molecule has 0 aliphatic rings. The number of rotatable bonds is 16. The van der Waals surface area contributed by atoms with Crippen LogP contribution in [0.5, 0.6) is 0 Å². The van der Waals surface area contributed by atoms with Crippen molar-refractivity contribution in [1.82, 2.24) is 5.32 Å². The van der Waals surface area contributed by atoms with Gasteiger partial charge in [-0.2, -0.15) is 0 Å². The fourth-order valence-corrected chi connectivity index (χ4v) is 2.87. The Kier molecular flexibility index (Phi) is 16.2. The van der Waals surface area contributed by atoms with Crippen LogP contribution in [0, 0.1) is 5.92 Å². The molecule has 0 saturated carbocycles. The SMILES string of the molecule is CCCCCC/C=C\CCCCCCCC(=O)N[C@H](C(=O)OC)C(C)C. The van der Waals surface area contributed by atoms with Crippen LogP contribution in [-0.4, -0.2) is 25.0 Å². The maximum atomic E-state index is 12.0. The van der Waals surface area contributed by atoms with E-state index < -0.39 is 6.04 Å². The molecule has 1 atom stereocenters. The topological polar surface area (TPSA) is 55.4 Å². The lowest BCUT2D eigenvalue weighted by Gasteiger charge is -2.19. The summed E-state index contributed by atoms with van der Waals surface area (Å²) in [6.07, 6.45) is 18.4. The van der Waals surface area contributed by atoms with E-state index in [1.807, 2.05) is 13.8 Å². The van der Waals surface area contributed by atoms with Gasteiger partial charge in [-0.05, 0) is 38.0 Å². The Morgan fingerprint density at radius 3 is 1.96 bits per heavy atom. The molecular weight excluding hydrogens is 326 g/mol. The first-order chi connectivity index (χ1) is 12.5. The molecule has 0 unspecified atom stereocenters. The summed E-state index contributed by atoms with van der Waals surface area (Å²) in [7, 11) is 1.35. The number of esters is 1. The van der Waals surface area contributed by atoms with Crippen molar-refractivity contribution >= 4 is 11.9 Å². The lowest BCUT2D eigenvalue weighted by Crippen LogP contribution is -2.44. The molecule has 0 aliphatic carbocycles. The lowest BCUT2D eigenvalue weighted by molar-refractivity contribution is -0.146. The number of unbranched alkanes of at least 4 members (excludes halogenated alkanes) is 9. The Balaban J connectivity index is 3.58. The largest absolute Gasteiger partial charge is 0.467 e. The van der Waals surface area contributed by atoms with Crippen LogP contribution < -0.4 is 5.32 Å². The second-order valence-electron chi connectivity index (χ2n) is 7.44. The van der Waals surface area contributed by atoms with Crippen LogP contribution in [0.3, 0.4) is 0 Å². The molecule has 0 spiro atoms. The monoisotopic (exact) mass is 367 g/mol. The van der Waals surface area contributed by atoms with Gasteiger partial charge in [0.2, 0.25) is 5.91 Å². The molecule has 0 aromatic carbocycles. The Labute approximate surface area is 161 Å². The minimum Gasteiger partial charge on any atom is -0.467 e. The summed E-state index contributed by atoms with van der Waals surface area (Å²) in [5.41, 5.74) is 0. The Hall–Kier alpha value is -1.32. The molecule has 1 N–H and O–H groups in total. The highest BCUT2D eigenvalue weighted by molar-refractivity contribution is 5.84. The van der Waals surface area contributed by atoms with Gasteiger partial charge in [-0.1, -0.05) is 71.4 Å². The fourth-order valence-electron chi connectivity index (χ4n) is 2.87. The first kappa shape index (κ1) is 24.7. The number of hydrogen-bond acceptors (Lipinski definition) is 3. The van der Waals surface area contributed by atoms with Crippen molar-refractivity contribution in [2.75, 3.05) is 7.11 Å². The van der Waals surface area contributed by atoms with E-state index in [1.54, 1.807) is 0 Å². The van der Waals surface area contributed by atoms with Gasteiger partial charge in [0.1, 0.15) is 6.04 Å². The van der Waals surface area contributed by atoms with Gasteiger partial charge >= 0.3 is 5.97 Å². The molecule has 4 heteroatoms. The standard InChI is InChI=1S/C22H41NO3/c1-5-6-7-8-9-10-11-12-13-14-15-16-17-18-20(24)23-21(19(2)3)22(25)26-4/h10-11,19,21H,5-9,12-18H2,1-4H3,(H,23,24)/b11-10-/t21-/m0/s1. The van der Waals surface area contributed by atoms with Crippen molar-refractivity contribution in [3.8, 4) is 0 Å². The molecule has 0 aliphatic heterocycles. The molecule has 26 heavy (non-hydrogen) atoms. The second kappa shape index (κ2) is 17.1. The van der Waals surface area contributed by atoms with E-state index in [-0.39, 0.29) is 17.8 Å². The quantitative estimate of drug-likeness (QED) is 0.221. The van der Waals surface area contributed by atoms with Gasteiger partial charge in [-0.3, -0.25) is 4.79 Å². The van der Waals surface area contributed by atoms with E-state index in [0.717, 1.165) is 12.8 Å². The first-order valence-corrected chi connectivity index (χ1v) is 10.5. The van der Waals surface area contributed by atoms with Crippen molar-refractivity contribution < 1.29 is 14.3 Å². The Bertz CT molecular complexity index is 391. The van der Waals surface area contributed by atoms with Gasteiger partial charge in [-0.25, -0.2) is 4.79 Å². The number of amides is 1. The van der Waals surface area contributed by atoms with E-state index in [2.05, 4.69) is 24.4 Å². The maximum absolute atomic E-state index is 12.0. The number of carbonyl (C=O) groups is 2. The van der Waals surface area contributed by atoms with Crippen LogP contribution in [0.25, 0.3) is 0 Å². The smallest absolute Gasteiger partial charge is 0.328 e. The summed E-state index contributed by atoms with van der Waals surface area (Å²) >= 11 is 0. The summed E-state index contributed by atoms with van der Waals surface area (Å²) in [6, 6.07) is -0.541. The predicted molar refractivity (Wildman–Crippen MR) is 109 cm³/mol. The lowest BCUT2D eigenvalue weighted by atomic mass is 10.0. The minimum atomic E-state index is -0.541. The Morgan fingerprint density at radius 1 is 0.885 bits per heavy atom. The van der Waals surface area contributed by atoms with Crippen molar-refractivity contribution in [3.63, 3.8) is 0 Å². The summed E-state index contributed by atoms with van der Waals surface area (Å²) in [5.74, 6) is -0.391. The zero-order chi connectivity index (χ0) is 19.6. The van der Waals surface area contributed by atoms with E-state index in [4.69, 9.17) is 4.74 Å². The maximum Gasteiger partial charge on any atom is 0.328 e. The minimum absolute atomic E-state index is 0.0334. The van der Waals surface area contributed by atoms with Gasteiger partial charge in [-0.15, -0.1) is 0 Å². The van der Waals surface area contributed by atoms with Gasteiger partial charge < -0.3 is 10.1 Å². The third-order valence-electron chi connectivity index (χ3n) is 4.60. The van der Waals surface area contributed by atoms with E-state index in [0.29, 0.717) is 6.42 Å². The first-order valence-electron chi connectivity index (χ1n) is 10.5. The summed E-state index contributed by atoms with van der Waals surface area (Å²) in [6.45, 7) is 6.05. The van der Waals surface area contributed by atoms with Crippen molar-refractivity contribution in [2.24, 2.45) is 5.92 Å². The average Bonchev–Trinajstić information content (AvgIpc) is 2.62. The number of hydrogen-bond donors (Lipinski definition) is 1.